The van der Waals surface area contributed by atoms with E-state index in [1.165, 1.54) is 98.0 Å². The number of rotatable bonds is 6. The highest BCUT2D eigenvalue weighted by molar-refractivity contribution is 6.28. The van der Waals surface area contributed by atoms with Gasteiger partial charge in [-0.1, -0.05) is 261 Å². The maximum atomic E-state index is 8.90. The van der Waals surface area contributed by atoms with Gasteiger partial charge in [-0.25, -0.2) is 0 Å². The van der Waals surface area contributed by atoms with Gasteiger partial charge in [0.05, 0.1) is 6.85 Å². The fourth-order valence-corrected chi connectivity index (χ4v) is 13.5. The third kappa shape index (κ3) is 7.63. The molecule has 0 aliphatic carbocycles. The van der Waals surface area contributed by atoms with Crippen molar-refractivity contribution in [2.75, 3.05) is 0 Å². The predicted molar refractivity (Wildman–Crippen MR) is 355 cm³/mol. The molecule has 384 valence electrons. The number of fused-ring (bicyclic) bond motifs is 5. The average molecular weight is 1060 g/mol. The highest BCUT2D eigenvalue weighted by atomic mass is 16.3. The number of benzene rings is 17. The van der Waals surface area contributed by atoms with Crippen LogP contribution in [0.1, 0.15) is 6.85 Å². The average Bonchev–Trinajstić information content (AvgIpc) is 0.877. The Morgan fingerprint density at radius 3 is 1.25 bits per heavy atom. The van der Waals surface area contributed by atoms with Crippen LogP contribution < -0.4 is 0 Å². The first-order valence-electron chi connectivity index (χ1n) is 30.8. The minimum absolute atomic E-state index is 0.199. The van der Waals surface area contributed by atoms with Crippen molar-refractivity contribution < 1.29 is 11.3 Å². The summed E-state index contributed by atoms with van der Waals surface area (Å²) in [6.45, 7) is 0. The predicted octanol–water partition coefficient (Wildman–Crippen LogP) is 23.4. The van der Waals surface area contributed by atoms with Crippen molar-refractivity contribution in [2.24, 2.45) is 0 Å². The molecular formula is C82H50O. The van der Waals surface area contributed by atoms with Gasteiger partial charge in [-0.2, -0.15) is 0 Å². The molecule has 1 heteroatoms. The van der Waals surface area contributed by atoms with Crippen LogP contribution in [-0.2, 0) is 0 Å². The molecule has 1 heterocycles. The molecule has 0 saturated carbocycles. The third-order valence-corrected chi connectivity index (χ3v) is 17.3. The lowest BCUT2D eigenvalue weighted by Crippen LogP contribution is -1.91. The fraction of sp³-hybridized carbons (Fsp3) is 0. The standard InChI is InChI=1S/C44H26.C38H24O/c1-2-6-27(7-3-1)34-24-35(37-20-16-32-14-12-28-8-4-10-30-18-22-39(37)43(32)41(28)30)26-36(25-34)38-21-17-33-15-13-29-9-5-11-31-19-23-40(38)44(33)42(29)31;1-3-11-25(12-4-1)27-19-21-32-34(23-27)37(26-13-5-2-6-14-26)30-16-7-8-17-31(30)38(32)28-20-22-36-33(24-28)29-15-9-10-18-35(29)39-36/h1-26H;1-24H/i1D,2D,3D,6D,7D;. The first kappa shape index (κ1) is 42.1. The molecule has 1 nitrogen and oxygen atoms in total. The van der Waals surface area contributed by atoms with E-state index in [1.807, 2.05) is 24.3 Å². The molecule has 0 atom stereocenters. The normalized spacial score (nSPS) is 12.7. The molecule has 0 aliphatic rings. The van der Waals surface area contributed by atoms with Crippen molar-refractivity contribution in [3.63, 3.8) is 0 Å². The summed E-state index contributed by atoms with van der Waals surface area (Å²) in [6.07, 6.45) is 0. The first-order chi connectivity index (χ1) is 43.2. The Kier molecular flexibility index (Phi) is 9.57. The zero-order chi connectivity index (χ0) is 58.9. The molecule has 18 aromatic rings. The molecule has 18 rings (SSSR count). The quantitative estimate of drug-likeness (QED) is 0.119. The molecule has 0 amide bonds. The monoisotopic (exact) mass is 1060 g/mol. The SMILES string of the molecule is [2H]c1c([2H])c([2H])c(-c2cc(-c3ccc4ccc5cccc6ccc3c4c56)cc(-c3ccc4ccc5cccc6ccc3c4c56)c2)c([2H])c1[2H].c1ccc(-c2ccc3c(-c4ccc5oc6ccccc6c5c4)c4ccccc4c(-c4ccccc4)c3c2)cc1. The van der Waals surface area contributed by atoms with E-state index >= 15 is 0 Å². The molecule has 0 saturated heterocycles. The summed E-state index contributed by atoms with van der Waals surface area (Å²) in [7, 11) is 0. The molecule has 1 aromatic heterocycles. The van der Waals surface area contributed by atoms with Gasteiger partial charge in [0.2, 0.25) is 0 Å². The van der Waals surface area contributed by atoms with Crippen molar-refractivity contribution in [1.29, 1.82) is 0 Å². The van der Waals surface area contributed by atoms with E-state index in [4.69, 9.17) is 11.3 Å². The van der Waals surface area contributed by atoms with Crippen LogP contribution in [0.4, 0.5) is 0 Å². The van der Waals surface area contributed by atoms with E-state index in [-0.39, 0.29) is 29.7 Å². The molecular weight excluding hydrogens is 1000 g/mol. The second-order valence-corrected chi connectivity index (χ2v) is 21.8. The van der Waals surface area contributed by atoms with Gasteiger partial charge in [0.25, 0.3) is 0 Å². The Balaban J connectivity index is 0.000000140. The molecule has 0 bridgehead atoms. The second kappa shape index (κ2) is 18.9. The first-order valence-corrected chi connectivity index (χ1v) is 28.3. The van der Waals surface area contributed by atoms with Crippen LogP contribution in [0.5, 0.6) is 0 Å². The van der Waals surface area contributed by atoms with E-state index in [0.29, 0.717) is 5.56 Å². The van der Waals surface area contributed by atoms with Crippen LogP contribution in [0.25, 0.3) is 175 Å². The summed E-state index contributed by atoms with van der Waals surface area (Å²) in [6, 6.07) is 95.6. The van der Waals surface area contributed by atoms with Crippen molar-refractivity contribution in [3.8, 4) is 66.8 Å². The summed E-state index contributed by atoms with van der Waals surface area (Å²) >= 11 is 0. The molecule has 0 spiro atoms. The van der Waals surface area contributed by atoms with Crippen LogP contribution in [0, 0.1) is 0 Å². The number of hydrogen-bond acceptors (Lipinski definition) is 1. The van der Waals surface area contributed by atoms with Gasteiger partial charge in [-0.3, -0.25) is 0 Å². The maximum absolute atomic E-state index is 8.90. The lowest BCUT2D eigenvalue weighted by Gasteiger charge is -2.19. The number of furan rings is 1. The second-order valence-electron chi connectivity index (χ2n) is 21.8. The molecule has 0 N–H and O–H groups in total. The van der Waals surface area contributed by atoms with Crippen molar-refractivity contribution in [2.45, 2.75) is 0 Å². The van der Waals surface area contributed by atoms with Gasteiger partial charge >= 0.3 is 0 Å². The van der Waals surface area contributed by atoms with Crippen LogP contribution >= 0.6 is 0 Å². The third-order valence-electron chi connectivity index (χ3n) is 17.3. The summed E-state index contributed by atoms with van der Waals surface area (Å²) in [5.74, 6) is 0. The van der Waals surface area contributed by atoms with Gasteiger partial charge in [0.1, 0.15) is 11.2 Å². The minimum atomic E-state index is -0.395. The summed E-state index contributed by atoms with van der Waals surface area (Å²) in [5.41, 5.74) is 13.9. The lowest BCUT2D eigenvalue weighted by molar-refractivity contribution is 0.669. The highest BCUT2D eigenvalue weighted by Crippen LogP contribution is 2.48. The van der Waals surface area contributed by atoms with Gasteiger partial charge in [-0.05, 0) is 195 Å². The number of para-hydroxylation sites is 1. The minimum Gasteiger partial charge on any atom is -0.456 e. The number of hydrogen-bond donors (Lipinski definition) is 0. The van der Waals surface area contributed by atoms with Crippen LogP contribution in [0.3, 0.4) is 0 Å². The van der Waals surface area contributed by atoms with Crippen molar-refractivity contribution in [1.82, 2.24) is 0 Å². The fourth-order valence-electron chi connectivity index (χ4n) is 13.5. The molecule has 0 fully saturated rings. The van der Waals surface area contributed by atoms with Crippen molar-refractivity contribution in [3.05, 3.63) is 303 Å². The Bertz CT molecular complexity index is 5640. The van der Waals surface area contributed by atoms with Gasteiger partial charge < -0.3 is 4.42 Å². The van der Waals surface area contributed by atoms with Gasteiger partial charge in [0.15, 0.2) is 0 Å². The molecule has 0 unspecified atom stereocenters. The van der Waals surface area contributed by atoms with Crippen LogP contribution in [0.15, 0.2) is 308 Å². The molecule has 83 heavy (non-hydrogen) atoms. The van der Waals surface area contributed by atoms with Crippen LogP contribution in [-0.4, -0.2) is 0 Å². The Hall–Kier alpha value is -10.9. The smallest absolute Gasteiger partial charge is 0.135 e. The zero-order valence-corrected chi connectivity index (χ0v) is 44.9. The Morgan fingerprint density at radius 2 is 0.651 bits per heavy atom. The lowest BCUT2D eigenvalue weighted by atomic mass is 9.84. The van der Waals surface area contributed by atoms with E-state index in [1.54, 1.807) is 0 Å². The molecule has 17 aromatic carbocycles. The summed E-state index contributed by atoms with van der Waals surface area (Å²) < 4.78 is 49.1. The van der Waals surface area contributed by atoms with E-state index in [2.05, 4.69) is 249 Å². The Labute approximate surface area is 486 Å². The van der Waals surface area contributed by atoms with Crippen molar-refractivity contribution >= 4 is 108 Å². The molecule has 0 aliphatic heterocycles. The highest BCUT2D eigenvalue weighted by Gasteiger charge is 2.21. The topological polar surface area (TPSA) is 13.1 Å². The van der Waals surface area contributed by atoms with Gasteiger partial charge in [0, 0.05) is 10.8 Å². The summed E-state index contributed by atoms with van der Waals surface area (Å²) in [4.78, 5) is 0. The largest absolute Gasteiger partial charge is 0.456 e. The van der Waals surface area contributed by atoms with E-state index < -0.39 is 6.04 Å². The Morgan fingerprint density at radius 1 is 0.217 bits per heavy atom. The zero-order valence-electron chi connectivity index (χ0n) is 49.9. The summed E-state index contributed by atoms with van der Waals surface area (Å²) in [5, 5.41) is 21.5. The van der Waals surface area contributed by atoms with E-state index in [9.17, 15) is 0 Å². The maximum Gasteiger partial charge on any atom is 0.135 e. The molecule has 0 radical (unpaired) electrons. The van der Waals surface area contributed by atoms with E-state index in [0.717, 1.165) is 65.7 Å². The van der Waals surface area contributed by atoms with Gasteiger partial charge in [-0.15, -0.1) is 0 Å². The van der Waals surface area contributed by atoms with Crippen LogP contribution in [0.2, 0.25) is 0 Å².